The summed E-state index contributed by atoms with van der Waals surface area (Å²) < 4.78 is 4.59. The summed E-state index contributed by atoms with van der Waals surface area (Å²) in [7, 11) is 1.28. The molecule has 1 amide bonds. The summed E-state index contributed by atoms with van der Waals surface area (Å²) in [6, 6.07) is 7.59. The van der Waals surface area contributed by atoms with Crippen LogP contribution in [0.4, 0.5) is 0 Å². The van der Waals surface area contributed by atoms with E-state index in [4.69, 9.17) is 0 Å². The Morgan fingerprint density at radius 2 is 2.00 bits per heavy atom. The molecule has 1 atom stereocenters. The number of methoxy groups -OCH3 is 1. The minimum Gasteiger partial charge on any atom is -0.469 e. The number of thioether (sulfide) groups is 1. The summed E-state index contributed by atoms with van der Waals surface area (Å²) >= 11 is 1.12. The number of aromatic amines is 1. The molecule has 1 aliphatic carbocycles. The van der Waals surface area contributed by atoms with Gasteiger partial charge in [0.05, 0.1) is 31.0 Å². The predicted molar refractivity (Wildman–Crippen MR) is 111 cm³/mol. The van der Waals surface area contributed by atoms with Crippen LogP contribution in [0.5, 0.6) is 0 Å². The van der Waals surface area contributed by atoms with Gasteiger partial charge in [-0.05, 0) is 49.3 Å². The first-order valence-electron chi connectivity index (χ1n) is 9.65. The third kappa shape index (κ3) is 5.93. The first-order chi connectivity index (χ1) is 13.9. The van der Waals surface area contributed by atoms with Gasteiger partial charge in [-0.25, -0.2) is 4.98 Å². The van der Waals surface area contributed by atoms with Gasteiger partial charge in [-0.15, -0.1) is 0 Å². The molecule has 0 bridgehead atoms. The van der Waals surface area contributed by atoms with Crippen LogP contribution < -0.4 is 10.9 Å². The third-order valence-corrected chi connectivity index (χ3v) is 5.79. The molecule has 2 aromatic rings. The second-order valence-corrected chi connectivity index (χ2v) is 8.07. The molecular weight excluding hydrogens is 390 g/mol. The maximum atomic E-state index is 12.4. The molecule has 0 fully saturated rings. The van der Waals surface area contributed by atoms with Gasteiger partial charge in [0.1, 0.15) is 0 Å². The maximum Gasteiger partial charge on any atom is 0.311 e. The Hall–Kier alpha value is -2.61. The SMILES string of the molecule is COC(=O)Cc1cc(=O)[nH]c(SCC(=O)N[C@H](C)c2ccc3c(c2)CCCC3)n1. The van der Waals surface area contributed by atoms with Crippen molar-refractivity contribution in [1.82, 2.24) is 15.3 Å². The quantitative estimate of drug-likeness (QED) is 0.409. The highest BCUT2D eigenvalue weighted by Crippen LogP contribution is 2.25. The van der Waals surface area contributed by atoms with Gasteiger partial charge in [-0.2, -0.15) is 0 Å². The summed E-state index contributed by atoms with van der Waals surface area (Å²) in [5.74, 6) is -0.517. The molecule has 154 valence electrons. The summed E-state index contributed by atoms with van der Waals surface area (Å²) in [6.45, 7) is 1.96. The number of nitrogens with one attached hydrogen (secondary N) is 2. The van der Waals surface area contributed by atoms with Crippen molar-refractivity contribution in [1.29, 1.82) is 0 Å². The zero-order valence-corrected chi connectivity index (χ0v) is 17.4. The Morgan fingerprint density at radius 3 is 2.76 bits per heavy atom. The zero-order chi connectivity index (χ0) is 20.8. The molecule has 0 saturated carbocycles. The van der Waals surface area contributed by atoms with Crippen LogP contribution in [-0.2, 0) is 33.6 Å². The lowest BCUT2D eigenvalue weighted by Crippen LogP contribution is -2.28. The van der Waals surface area contributed by atoms with Crippen molar-refractivity contribution in [2.24, 2.45) is 0 Å². The fourth-order valence-corrected chi connectivity index (χ4v) is 4.09. The third-order valence-electron chi connectivity index (χ3n) is 4.92. The highest BCUT2D eigenvalue weighted by Gasteiger charge is 2.15. The fourth-order valence-electron chi connectivity index (χ4n) is 3.39. The van der Waals surface area contributed by atoms with Crippen molar-refractivity contribution in [2.45, 2.75) is 50.2 Å². The first-order valence-corrected chi connectivity index (χ1v) is 10.6. The van der Waals surface area contributed by atoms with E-state index in [0.717, 1.165) is 30.2 Å². The Kier molecular flexibility index (Phi) is 7.09. The number of nitrogens with zero attached hydrogens (tertiary/aromatic N) is 1. The number of rotatable bonds is 7. The molecule has 29 heavy (non-hydrogen) atoms. The van der Waals surface area contributed by atoms with Crippen molar-refractivity contribution in [3.63, 3.8) is 0 Å². The molecule has 0 aliphatic heterocycles. The van der Waals surface area contributed by atoms with Crippen molar-refractivity contribution < 1.29 is 14.3 Å². The van der Waals surface area contributed by atoms with Gasteiger partial charge in [0.25, 0.3) is 5.56 Å². The van der Waals surface area contributed by atoms with Crippen LogP contribution in [-0.4, -0.2) is 34.7 Å². The summed E-state index contributed by atoms with van der Waals surface area (Å²) in [5, 5.41) is 3.29. The van der Waals surface area contributed by atoms with E-state index in [-0.39, 0.29) is 29.7 Å². The minimum absolute atomic E-state index is 0.0878. The highest BCUT2D eigenvalue weighted by atomic mass is 32.2. The van der Waals surface area contributed by atoms with Gasteiger partial charge in [0, 0.05) is 6.07 Å². The van der Waals surface area contributed by atoms with E-state index < -0.39 is 5.97 Å². The number of aryl methyl sites for hydroxylation is 2. The molecular formula is C21H25N3O4S. The Morgan fingerprint density at radius 1 is 1.24 bits per heavy atom. The van der Waals surface area contributed by atoms with Crippen molar-refractivity contribution >= 4 is 23.6 Å². The van der Waals surface area contributed by atoms with E-state index in [2.05, 4.69) is 38.2 Å². The number of hydrogen-bond acceptors (Lipinski definition) is 6. The largest absolute Gasteiger partial charge is 0.469 e. The lowest BCUT2D eigenvalue weighted by atomic mass is 9.89. The normalized spacial score (nSPS) is 14.0. The van der Waals surface area contributed by atoms with Gasteiger partial charge in [-0.1, -0.05) is 30.0 Å². The van der Waals surface area contributed by atoms with Crippen LogP contribution in [0.2, 0.25) is 0 Å². The average molecular weight is 416 g/mol. The molecule has 3 rings (SSSR count). The van der Waals surface area contributed by atoms with Crippen molar-refractivity contribution in [3.05, 3.63) is 57.0 Å². The second kappa shape index (κ2) is 9.73. The Labute approximate surface area is 173 Å². The van der Waals surface area contributed by atoms with Gasteiger partial charge in [0.2, 0.25) is 5.91 Å². The molecule has 0 saturated heterocycles. The molecule has 0 radical (unpaired) electrons. The van der Waals surface area contributed by atoms with E-state index >= 15 is 0 Å². The van der Waals surface area contributed by atoms with Gasteiger partial charge in [0.15, 0.2) is 5.16 Å². The molecule has 8 heteroatoms. The fraction of sp³-hybridized carbons (Fsp3) is 0.429. The number of esters is 1. The molecule has 0 unspecified atom stereocenters. The average Bonchev–Trinajstić information content (AvgIpc) is 2.71. The monoisotopic (exact) mass is 415 g/mol. The summed E-state index contributed by atoms with van der Waals surface area (Å²) in [6.07, 6.45) is 4.60. The number of benzene rings is 1. The highest BCUT2D eigenvalue weighted by molar-refractivity contribution is 7.99. The Bertz CT molecular complexity index is 957. The number of carbonyl (C=O) groups is 2. The lowest BCUT2D eigenvalue weighted by molar-refractivity contribution is -0.139. The second-order valence-electron chi connectivity index (χ2n) is 7.11. The zero-order valence-electron chi connectivity index (χ0n) is 16.6. The number of fused-ring (bicyclic) bond motifs is 1. The topological polar surface area (TPSA) is 101 Å². The number of ether oxygens (including phenoxy) is 1. The van der Waals surface area contributed by atoms with Gasteiger partial charge >= 0.3 is 5.97 Å². The summed E-state index contributed by atoms with van der Waals surface area (Å²) in [4.78, 5) is 42.3. The van der Waals surface area contributed by atoms with Crippen molar-refractivity contribution in [3.8, 4) is 0 Å². The predicted octanol–water partition coefficient (Wildman–Crippen LogP) is 2.33. The van der Waals surface area contributed by atoms with E-state index in [9.17, 15) is 14.4 Å². The molecule has 0 spiro atoms. The van der Waals surface area contributed by atoms with Crippen LogP contribution in [0.25, 0.3) is 0 Å². The van der Waals surface area contributed by atoms with E-state index in [0.29, 0.717) is 10.9 Å². The van der Waals surface area contributed by atoms with Crippen LogP contribution >= 0.6 is 11.8 Å². The van der Waals surface area contributed by atoms with E-state index in [1.165, 1.54) is 37.1 Å². The number of H-pyrrole nitrogens is 1. The molecule has 1 heterocycles. The minimum atomic E-state index is -0.476. The first kappa shape index (κ1) is 21.1. The standard InChI is InChI=1S/C21H25N3O4S/c1-13(15-8-7-14-5-3-4-6-16(14)9-15)22-19(26)12-29-21-23-17(10-18(25)24-21)11-20(27)28-2/h7-10,13H,3-6,11-12H2,1-2H3,(H,22,26)(H,23,24,25)/t13-/m1/s1. The van der Waals surface area contributed by atoms with E-state index in [1.54, 1.807) is 0 Å². The van der Waals surface area contributed by atoms with Crippen LogP contribution in [0, 0.1) is 0 Å². The molecule has 1 aliphatic rings. The van der Waals surface area contributed by atoms with Gasteiger partial charge in [-0.3, -0.25) is 14.4 Å². The summed E-state index contributed by atoms with van der Waals surface area (Å²) in [5.41, 5.74) is 3.83. The molecule has 2 N–H and O–H groups in total. The maximum absolute atomic E-state index is 12.4. The van der Waals surface area contributed by atoms with Crippen LogP contribution in [0.15, 0.2) is 34.2 Å². The smallest absolute Gasteiger partial charge is 0.311 e. The van der Waals surface area contributed by atoms with E-state index in [1.807, 2.05) is 6.92 Å². The number of aromatic nitrogens is 2. The van der Waals surface area contributed by atoms with Crippen LogP contribution in [0.1, 0.15) is 48.2 Å². The number of amides is 1. The number of hydrogen-bond donors (Lipinski definition) is 2. The molecule has 1 aromatic carbocycles. The van der Waals surface area contributed by atoms with Gasteiger partial charge < -0.3 is 15.0 Å². The lowest BCUT2D eigenvalue weighted by Gasteiger charge is -2.20. The Balaban J connectivity index is 1.57. The molecule has 1 aromatic heterocycles. The molecule has 7 nitrogen and oxygen atoms in total. The van der Waals surface area contributed by atoms with Crippen molar-refractivity contribution in [2.75, 3.05) is 12.9 Å². The number of carbonyl (C=O) groups excluding carboxylic acids is 2. The van der Waals surface area contributed by atoms with Crippen LogP contribution in [0.3, 0.4) is 0 Å².